The number of benzene rings is 1. The van der Waals surface area contributed by atoms with E-state index in [4.69, 9.17) is 11.6 Å². The number of esters is 2. The molecule has 8 heteroatoms. The largest absolute Gasteiger partial charge is 0.468 e. The lowest BCUT2D eigenvalue weighted by atomic mass is 9.99. The van der Waals surface area contributed by atoms with Gasteiger partial charge in [0.1, 0.15) is 0 Å². The summed E-state index contributed by atoms with van der Waals surface area (Å²) >= 11 is 5.77. The molecule has 0 radical (unpaired) electrons. The van der Waals surface area contributed by atoms with E-state index in [1.165, 1.54) is 24.3 Å². The van der Waals surface area contributed by atoms with E-state index < -0.39 is 34.2 Å². The normalized spacial score (nSPS) is 22.2. The molecular formula is C13H12ClNO6. The second-order valence-electron chi connectivity index (χ2n) is 4.61. The van der Waals surface area contributed by atoms with Gasteiger partial charge in [-0.05, 0) is 17.7 Å². The molecule has 1 saturated carbocycles. The number of ether oxygens (including phenoxy) is 2. The lowest BCUT2D eigenvalue weighted by Crippen LogP contribution is -2.34. The predicted octanol–water partition coefficient (Wildman–Crippen LogP) is 1.41. The minimum absolute atomic E-state index is 0.443. The van der Waals surface area contributed by atoms with Crippen LogP contribution in [0, 0.1) is 15.5 Å². The van der Waals surface area contributed by atoms with Crippen LogP contribution in [0.5, 0.6) is 0 Å². The van der Waals surface area contributed by atoms with E-state index in [1.807, 2.05) is 0 Å². The zero-order chi connectivity index (χ0) is 15.8. The maximum absolute atomic E-state index is 12.0. The Hall–Kier alpha value is -2.15. The molecule has 0 N–H and O–H groups in total. The molecule has 0 aliphatic heterocycles. The Labute approximate surface area is 124 Å². The SMILES string of the molecule is COC(=O)C1(C(=O)OC)[C@@H]([N+](=O)[O-])[C@@H]1c1ccc(Cl)cc1. The first kappa shape index (κ1) is 15.2. The summed E-state index contributed by atoms with van der Waals surface area (Å²) in [7, 11) is 2.14. The molecule has 0 heterocycles. The number of halogens is 1. The fourth-order valence-corrected chi connectivity index (χ4v) is 2.82. The van der Waals surface area contributed by atoms with E-state index >= 15 is 0 Å². The number of hydrogen-bond acceptors (Lipinski definition) is 6. The highest BCUT2D eigenvalue weighted by Crippen LogP contribution is 2.62. The minimum atomic E-state index is -1.94. The van der Waals surface area contributed by atoms with Gasteiger partial charge in [0.05, 0.1) is 20.1 Å². The molecule has 0 amide bonds. The van der Waals surface area contributed by atoms with Crippen molar-refractivity contribution in [1.82, 2.24) is 0 Å². The van der Waals surface area contributed by atoms with Crippen LogP contribution in [0.4, 0.5) is 0 Å². The van der Waals surface area contributed by atoms with Crippen molar-refractivity contribution in [2.24, 2.45) is 5.41 Å². The summed E-state index contributed by atoms with van der Waals surface area (Å²) in [5.41, 5.74) is -1.49. The van der Waals surface area contributed by atoms with E-state index in [-0.39, 0.29) is 0 Å². The zero-order valence-electron chi connectivity index (χ0n) is 11.2. The molecule has 112 valence electrons. The fraction of sp³-hybridized carbons (Fsp3) is 0.385. The van der Waals surface area contributed by atoms with Gasteiger partial charge in [0.15, 0.2) is 0 Å². The van der Waals surface area contributed by atoms with Crippen molar-refractivity contribution in [2.45, 2.75) is 12.0 Å². The van der Waals surface area contributed by atoms with Crippen LogP contribution in [-0.2, 0) is 19.1 Å². The van der Waals surface area contributed by atoms with Crippen LogP contribution in [0.1, 0.15) is 11.5 Å². The van der Waals surface area contributed by atoms with E-state index in [2.05, 4.69) is 9.47 Å². The lowest BCUT2D eigenvalue weighted by molar-refractivity contribution is -0.501. The van der Waals surface area contributed by atoms with Crippen LogP contribution < -0.4 is 0 Å². The standard InChI is InChI=1S/C13H12ClNO6/c1-20-11(16)13(12(17)21-2)9(10(13)15(18)19)7-3-5-8(14)6-4-7/h3-6,9-10H,1-2H3/t9-,10-/m0/s1. The smallest absolute Gasteiger partial charge is 0.331 e. The molecule has 0 unspecified atom stereocenters. The van der Waals surface area contributed by atoms with Crippen molar-refractivity contribution >= 4 is 23.5 Å². The monoisotopic (exact) mass is 313 g/mol. The van der Waals surface area contributed by atoms with Crippen molar-refractivity contribution in [3.63, 3.8) is 0 Å². The van der Waals surface area contributed by atoms with Crippen molar-refractivity contribution in [1.29, 1.82) is 0 Å². The first-order chi connectivity index (χ1) is 9.91. The second-order valence-corrected chi connectivity index (χ2v) is 5.05. The Morgan fingerprint density at radius 3 is 2.05 bits per heavy atom. The Kier molecular flexibility index (Phi) is 3.87. The highest BCUT2D eigenvalue weighted by Gasteiger charge is 2.85. The molecule has 1 aromatic rings. The van der Waals surface area contributed by atoms with Gasteiger partial charge in [-0.25, -0.2) is 0 Å². The second kappa shape index (κ2) is 5.33. The van der Waals surface area contributed by atoms with Crippen LogP contribution in [0.3, 0.4) is 0 Å². The summed E-state index contributed by atoms with van der Waals surface area (Å²) in [5.74, 6) is -2.89. The van der Waals surface area contributed by atoms with Gasteiger partial charge in [-0.15, -0.1) is 0 Å². The molecule has 1 aromatic carbocycles. The molecule has 2 atom stereocenters. The molecule has 0 aromatic heterocycles. The Morgan fingerprint density at radius 1 is 1.19 bits per heavy atom. The Morgan fingerprint density at radius 2 is 1.67 bits per heavy atom. The summed E-state index contributed by atoms with van der Waals surface area (Å²) < 4.78 is 9.17. The number of methoxy groups -OCH3 is 2. The molecule has 1 aliphatic carbocycles. The summed E-state index contributed by atoms with van der Waals surface area (Å²) in [6.45, 7) is 0. The van der Waals surface area contributed by atoms with Crippen LogP contribution >= 0.6 is 11.6 Å². The van der Waals surface area contributed by atoms with E-state index in [1.54, 1.807) is 0 Å². The number of nitrogens with zero attached hydrogens (tertiary/aromatic N) is 1. The number of hydrogen-bond donors (Lipinski definition) is 0. The molecule has 1 aliphatic rings. The van der Waals surface area contributed by atoms with Crippen LogP contribution in [0.25, 0.3) is 0 Å². The Bertz CT molecular complexity index is 583. The predicted molar refractivity (Wildman–Crippen MR) is 71.4 cm³/mol. The summed E-state index contributed by atoms with van der Waals surface area (Å²) in [6, 6.07) is 4.73. The Balaban J connectivity index is 2.52. The van der Waals surface area contributed by atoms with Gasteiger partial charge in [0.25, 0.3) is 0 Å². The van der Waals surface area contributed by atoms with Crippen molar-refractivity contribution in [2.75, 3.05) is 14.2 Å². The first-order valence-corrected chi connectivity index (χ1v) is 6.34. The maximum Gasteiger partial charge on any atom is 0.331 e. The van der Waals surface area contributed by atoms with E-state index in [0.717, 1.165) is 14.2 Å². The third kappa shape index (κ3) is 2.13. The minimum Gasteiger partial charge on any atom is -0.468 e. The highest BCUT2D eigenvalue weighted by molar-refractivity contribution is 6.30. The summed E-state index contributed by atoms with van der Waals surface area (Å²) in [6.07, 6.45) is 0. The maximum atomic E-state index is 12.0. The summed E-state index contributed by atoms with van der Waals surface area (Å²) in [4.78, 5) is 34.6. The van der Waals surface area contributed by atoms with Crippen LogP contribution in [0.15, 0.2) is 24.3 Å². The van der Waals surface area contributed by atoms with Gasteiger partial charge < -0.3 is 9.47 Å². The molecule has 7 nitrogen and oxygen atoms in total. The zero-order valence-corrected chi connectivity index (χ0v) is 12.0. The number of rotatable bonds is 4. The molecule has 0 bridgehead atoms. The van der Waals surface area contributed by atoms with Gasteiger partial charge in [-0.3, -0.25) is 19.7 Å². The third-order valence-corrected chi connectivity index (χ3v) is 3.92. The average Bonchev–Trinajstić information content (AvgIpc) is 3.17. The molecule has 0 spiro atoms. The van der Waals surface area contributed by atoms with Crippen molar-refractivity contribution in [3.05, 3.63) is 45.0 Å². The highest BCUT2D eigenvalue weighted by atomic mass is 35.5. The van der Waals surface area contributed by atoms with Crippen molar-refractivity contribution < 1.29 is 24.0 Å². The molecular weight excluding hydrogens is 302 g/mol. The third-order valence-electron chi connectivity index (χ3n) is 3.67. The van der Waals surface area contributed by atoms with Gasteiger partial charge >= 0.3 is 11.9 Å². The topological polar surface area (TPSA) is 95.7 Å². The van der Waals surface area contributed by atoms with Gasteiger partial charge in [-0.1, -0.05) is 23.7 Å². The molecule has 1 fully saturated rings. The van der Waals surface area contributed by atoms with Gasteiger partial charge in [-0.2, -0.15) is 0 Å². The van der Waals surface area contributed by atoms with Gasteiger partial charge in [0.2, 0.25) is 11.5 Å². The number of carbonyl (C=O) groups is 2. The van der Waals surface area contributed by atoms with Gasteiger partial charge in [0, 0.05) is 9.95 Å². The van der Waals surface area contributed by atoms with E-state index in [9.17, 15) is 19.7 Å². The first-order valence-electron chi connectivity index (χ1n) is 5.97. The number of nitro groups is 1. The number of carbonyl (C=O) groups excluding carboxylic acids is 2. The fourth-order valence-electron chi connectivity index (χ4n) is 2.69. The molecule has 2 rings (SSSR count). The quantitative estimate of drug-likeness (QED) is 0.361. The van der Waals surface area contributed by atoms with E-state index in [0.29, 0.717) is 10.6 Å². The average molecular weight is 314 g/mol. The molecule has 0 saturated heterocycles. The summed E-state index contributed by atoms with van der Waals surface area (Å²) in [5, 5.41) is 11.7. The van der Waals surface area contributed by atoms with Crippen LogP contribution in [0.2, 0.25) is 5.02 Å². The molecule has 21 heavy (non-hydrogen) atoms. The van der Waals surface area contributed by atoms with Crippen molar-refractivity contribution in [3.8, 4) is 0 Å². The lowest BCUT2D eigenvalue weighted by Gasteiger charge is -2.10. The van der Waals surface area contributed by atoms with Crippen LogP contribution in [-0.4, -0.2) is 37.1 Å².